The van der Waals surface area contributed by atoms with Crippen molar-refractivity contribution >= 4 is 11.8 Å². The molecule has 1 aromatic carbocycles. The van der Waals surface area contributed by atoms with E-state index in [4.69, 9.17) is 4.74 Å². The lowest BCUT2D eigenvalue weighted by molar-refractivity contribution is 0.0950. The number of amides is 2. The zero-order chi connectivity index (χ0) is 17.5. The van der Waals surface area contributed by atoms with E-state index >= 15 is 0 Å². The molecule has 2 rings (SSSR count). The highest BCUT2D eigenvalue weighted by Crippen LogP contribution is 2.28. The van der Waals surface area contributed by atoms with Gasteiger partial charge in [0, 0.05) is 19.7 Å². The van der Waals surface area contributed by atoms with Gasteiger partial charge in [0.1, 0.15) is 17.5 Å². The molecular weight excluding hydrogens is 306 g/mol. The quantitative estimate of drug-likeness (QED) is 0.730. The highest BCUT2D eigenvalue weighted by Gasteiger charge is 2.22. The SMILES string of the molecule is CCNC(=O)c1cc(O[C@@H](CC)c2ccccc2)c(C(=O)NC)[nH]1. The predicted molar refractivity (Wildman–Crippen MR) is 92.3 cm³/mol. The Kier molecular flexibility index (Phi) is 6.01. The van der Waals surface area contributed by atoms with E-state index in [2.05, 4.69) is 15.6 Å². The Labute approximate surface area is 141 Å². The molecular formula is C18H23N3O3. The van der Waals surface area contributed by atoms with Gasteiger partial charge in [-0.15, -0.1) is 0 Å². The highest BCUT2D eigenvalue weighted by molar-refractivity contribution is 5.99. The van der Waals surface area contributed by atoms with Crippen molar-refractivity contribution in [2.45, 2.75) is 26.4 Å². The second-order valence-corrected chi connectivity index (χ2v) is 5.29. The van der Waals surface area contributed by atoms with Gasteiger partial charge in [0.2, 0.25) is 0 Å². The second-order valence-electron chi connectivity index (χ2n) is 5.29. The second kappa shape index (κ2) is 8.19. The molecule has 6 heteroatoms. The van der Waals surface area contributed by atoms with Crippen molar-refractivity contribution in [3.63, 3.8) is 0 Å². The molecule has 0 unspecified atom stereocenters. The van der Waals surface area contributed by atoms with E-state index in [0.29, 0.717) is 18.0 Å². The summed E-state index contributed by atoms with van der Waals surface area (Å²) in [5.74, 6) is -0.236. The number of ether oxygens (including phenoxy) is 1. The molecule has 6 nitrogen and oxygen atoms in total. The predicted octanol–water partition coefficient (Wildman–Crippen LogP) is 2.65. The third kappa shape index (κ3) is 3.95. The zero-order valence-electron chi connectivity index (χ0n) is 14.2. The Bertz CT molecular complexity index is 695. The standard InChI is InChI=1S/C18H23N3O3/c1-4-14(12-9-7-6-8-10-12)24-15-11-13(17(22)20-5-2)21-16(15)18(23)19-3/h6-11,14,21H,4-5H2,1-3H3,(H,19,23)(H,20,22)/t14-/m0/s1. The minimum Gasteiger partial charge on any atom is -0.483 e. The van der Waals surface area contributed by atoms with Gasteiger partial charge in [-0.3, -0.25) is 9.59 Å². The van der Waals surface area contributed by atoms with Crippen LogP contribution in [0.3, 0.4) is 0 Å². The van der Waals surface area contributed by atoms with Crippen molar-refractivity contribution in [1.82, 2.24) is 15.6 Å². The molecule has 128 valence electrons. The minimum atomic E-state index is -0.330. The van der Waals surface area contributed by atoms with Crippen LogP contribution in [0.25, 0.3) is 0 Å². The number of hydrogen-bond acceptors (Lipinski definition) is 3. The van der Waals surface area contributed by atoms with E-state index in [1.807, 2.05) is 44.2 Å². The number of benzene rings is 1. The Morgan fingerprint density at radius 3 is 2.46 bits per heavy atom. The van der Waals surface area contributed by atoms with Gasteiger partial charge in [0.15, 0.2) is 5.75 Å². The molecule has 24 heavy (non-hydrogen) atoms. The van der Waals surface area contributed by atoms with Crippen LogP contribution in [0, 0.1) is 0 Å². The summed E-state index contributed by atoms with van der Waals surface area (Å²) in [6, 6.07) is 11.4. The van der Waals surface area contributed by atoms with Crippen molar-refractivity contribution < 1.29 is 14.3 Å². The summed E-state index contributed by atoms with van der Waals surface area (Å²) in [7, 11) is 1.53. The number of rotatable bonds is 7. The van der Waals surface area contributed by atoms with Gasteiger partial charge in [-0.25, -0.2) is 0 Å². The van der Waals surface area contributed by atoms with Crippen LogP contribution in [0.2, 0.25) is 0 Å². The van der Waals surface area contributed by atoms with Crippen LogP contribution in [0.4, 0.5) is 0 Å². The average Bonchev–Trinajstić information content (AvgIpc) is 3.04. The number of H-pyrrole nitrogens is 1. The molecule has 0 aliphatic heterocycles. The van der Waals surface area contributed by atoms with Crippen LogP contribution < -0.4 is 15.4 Å². The molecule has 0 spiro atoms. The number of carbonyl (C=O) groups excluding carboxylic acids is 2. The van der Waals surface area contributed by atoms with Gasteiger partial charge in [-0.05, 0) is 18.9 Å². The molecule has 0 saturated heterocycles. The molecule has 0 bridgehead atoms. The van der Waals surface area contributed by atoms with Crippen molar-refractivity contribution in [3.05, 3.63) is 53.3 Å². The summed E-state index contributed by atoms with van der Waals surface area (Å²) in [6.07, 6.45) is 0.534. The summed E-state index contributed by atoms with van der Waals surface area (Å²) in [5.41, 5.74) is 1.56. The van der Waals surface area contributed by atoms with E-state index in [1.54, 1.807) is 6.07 Å². The van der Waals surface area contributed by atoms with Crippen molar-refractivity contribution in [3.8, 4) is 5.75 Å². The molecule has 2 amide bonds. The first-order chi connectivity index (χ1) is 11.6. The number of aromatic nitrogens is 1. The van der Waals surface area contributed by atoms with Crippen LogP contribution in [0.1, 0.15) is 52.9 Å². The molecule has 0 aliphatic carbocycles. The molecule has 1 aromatic heterocycles. The van der Waals surface area contributed by atoms with Gasteiger partial charge in [-0.1, -0.05) is 37.3 Å². The van der Waals surface area contributed by atoms with Crippen molar-refractivity contribution in [2.75, 3.05) is 13.6 Å². The molecule has 1 heterocycles. The fraction of sp³-hybridized carbons (Fsp3) is 0.333. The fourth-order valence-corrected chi connectivity index (χ4v) is 2.41. The Hall–Kier alpha value is -2.76. The van der Waals surface area contributed by atoms with E-state index in [1.165, 1.54) is 7.05 Å². The summed E-state index contributed by atoms with van der Waals surface area (Å²) in [6.45, 7) is 4.35. The molecule has 1 atom stereocenters. The van der Waals surface area contributed by atoms with Gasteiger partial charge in [0.05, 0.1) is 0 Å². The molecule has 2 aromatic rings. The van der Waals surface area contributed by atoms with Crippen LogP contribution in [0.15, 0.2) is 36.4 Å². The molecule has 0 saturated carbocycles. The molecule has 0 fully saturated rings. The van der Waals surface area contributed by atoms with Crippen LogP contribution in [-0.2, 0) is 0 Å². The summed E-state index contributed by atoms with van der Waals surface area (Å²) < 4.78 is 6.04. The monoisotopic (exact) mass is 329 g/mol. The molecule has 3 N–H and O–H groups in total. The Morgan fingerprint density at radius 1 is 1.17 bits per heavy atom. The van der Waals surface area contributed by atoms with E-state index < -0.39 is 0 Å². The molecule has 0 aliphatic rings. The Morgan fingerprint density at radius 2 is 1.88 bits per heavy atom. The zero-order valence-corrected chi connectivity index (χ0v) is 14.2. The van der Waals surface area contributed by atoms with E-state index in [-0.39, 0.29) is 23.6 Å². The third-order valence-electron chi connectivity index (χ3n) is 3.63. The first kappa shape index (κ1) is 17.6. The van der Waals surface area contributed by atoms with Gasteiger partial charge >= 0.3 is 0 Å². The van der Waals surface area contributed by atoms with Gasteiger partial charge in [0.25, 0.3) is 11.8 Å². The normalized spacial score (nSPS) is 11.6. The van der Waals surface area contributed by atoms with Crippen molar-refractivity contribution in [1.29, 1.82) is 0 Å². The largest absolute Gasteiger partial charge is 0.483 e. The number of nitrogens with one attached hydrogen (secondary N) is 3. The number of hydrogen-bond donors (Lipinski definition) is 3. The van der Waals surface area contributed by atoms with Crippen molar-refractivity contribution in [2.24, 2.45) is 0 Å². The third-order valence-corrected chi connectivity index (χ3v) is 3.63. The van der Waals surface area contributed by atoms with Gasteiger partial charge in [-0.2, -0.15) is 0 Å². The summed E-state index contributed by atoms with van der Waals surface area (Å²) in [5, 5.41) is 5.26. The van der Waals surface area contributed by atoms with E-state index in [0.717, 1.165) is 12.0 Å². The summed E-state index contributed by atoms with van der Waals surface area (Å²) >= 11 is 0. The smallest absolute Gasteiger partial charge is 0.271 e. The van der Waals surface area contributed by atoms with Gasteiger partial charge < -0.3 is 20.4 Å². The van der Waals surface area contributed by atoms with E-state index in [9.17, 15) is 9.59 Å². The topological polar surface area (TPSA) is 83.2 Å². The maximum absolute atomic E-state index is 12.1. The fourth-order valence-electron chi connectivity index (χ4n) is 2.41. The minimum absolute atomic E-state index is 0.201. The van der Waals surface area contributed by atoms with Crippen LogP contribution in [0.5, 0.6) is 5.75 Å². The maximum Gasteiger partial charge on any atom is 0.271 e. The number of carbonyl (C=O) groups is 2. The average molecular weight is 329 g/mol. The number of aromatic amines is 1. The lowest BCUT2D eigenvalue weighted by Crippen LogP contribution is -2.23. The Balaban J connectivity index is 2.33. The highest BCUT2D eigenvalue weighted by atomic mass is 16.5. The molecule has 0 radical (unpaired) electrons. The summed E-state index contributed by atoms with van der Waals surface area (Å²) in [4.78, 5) is 26.9. The maximum atomic E-state index is 12.1. The first-order valence-electron chi connectivity index (χ1n) is 8.05. The van der Waals surface area contributed by atoms with Crippen LogP contribution >= 0.6 is 0 Å². The first-order valence-corrected chi connectivity index (χ1v) is 8.05. The lowest BCUT2D eigenvalue weighted by atomic mass is 10.1. The lowest BCUT2D eigenvalue weighted by Gasteiger charge is -2.17. The van der Waals surface area contributed by atoms with Crippen LogP contribution in [-0.4, -0.2) is 30.4 Å².